The molecule has 142 valence electrons. The molecule has 0 unspecified atom stereocenters. The number of carbonyl (C=O) groups is 1. The van der Waals surface area contributed by atoms with Gasteiger partial charge in [-0.25, -0.2) is 9.97 Å². The molecule has 1 amide bonds. The van der Waals surface area contributed by atoms with Crippen molar-refractivity contribution in [2.24, 2.45) is 5.73 Å². The van der Waals surface area contributed by atoms with Gasteiger partial charge < -0.3 is 14.9 Å². The van der Waals surface area contributed by atoms with Crippen LogP contribution in [0.15, 0.2) is 47.9 Å². The number of aromatic nitrogens is 5. The van der Waals surface area contributed by atoms with E-state index in [9.17, 15) is 9.59 Å². The Morgan fingerprint density at radius 1 is 1.29 bits per heavy atom. The van der Waals surface area contributed by atoms with Crippen LogP contribution < -0.4 is 16.8 Å². The second-order valence-electron chi connectivity index (χ2n) is 6.67. The van der Waals surface area contributed by atoms with Crippen LogP contribution in [0.25, 0.3) is 16.7 Å². The van der Waals surface area contributed by atoms with Gasteiger partial charge in [-0.3, -0.25) is 19.4 Å². The molecular formula is C19H19N7O2. The van der Waals surface area contributed by atoms with Crippen LogP contribution in [-0.2, 0) is 13.1 Å². The van der Waals surface area contributed by atoms with E-state index in [1.165, 1.54) is 10.5 Å². The summed E-state index contributed by atoms with van der Waals surface area (Å²) in [7, 11) is 0. The molecule has 4 heterocycles. The number of primary amides is 1. The predicted molar refractivity (Wildman–Crippen MR) is 103 cm³/mol. The summed E-state index contributed by atoms with van der Waals surface area (Å²) < 4.78 is 4.94. The topological polar surface area (TPSA) is 124 Å². The molecule has 0 atom stereocenters. The maximum absolute atomic E-state index is 13.0. The molecule has 4 aromatic rings. The molecule has 0 saturated carbocycles. The fourth-order valence-electron chi connectivity index (χ4n) is 3.28. The zero-order valence-electron chi connectivity index (χ0n) is 15.3. The third-order valence-corrected chi connectivity index (χ3v) is 4.68. The SMILES string of the molecule is Cc1ccc2nc3c(cc(C(N)=O)c(=N)n3CCCn3ccnc3)c(=O)n2c1. The Kier molecular flexibility index (Phi) is 4.26. The van der Waals surface area contributed by atoms with Crippen molar-refractivity contribution in [1.82, 2.24) is 23.5 Å². The third kappa shape index (κ3) is 2.96. The minimum Gasteiger partial charge on any atom is -0.365 e. The van der Waals surface area contributed by atoms with Crippen molar-refractivity contribution >= 4 is 22.6 Å². The lowest BCUT2D eigenvalue weighted by atomic mass is 10.2. The van der Waals surface area contributed by atoms with Crippen molar-refractivity contribution in [3.63, 3.8) is 0 Å². The molecule has 4 aromatic heterocycles. The van der Waals surface area contributed by atoms with Gasteiger partial charge in [-0.1, -0.05) is 6.07 Å². The summed E-state index contributed by atoms with van der Waals surface area (Å²) in [5, 5.41) is 8.68. The van der Waals surface area contributed by atoms with Gasteiger partial charge in [0.1, 0.15) is 16.8 Å². The lowest BCUT2D eigenvalue weighted by Crippen LogP contribution is -2.32. The van der Waals surface area contributed by atoms with Crippen LogP contribution in [0.1, 0.15) is 22.3 Å². The molecule has 0 spiro atoms. The monoisotopic (exact) mass is 377 g/mol. The average molecular weight is 377 g/mol. The molecule has 28 heavy (non-hydrogen) atoms. The Bertz CT molecular complexity index is 1320. The molecule has 0 aromatic carbocycles. The van der Waals surface area contributed by atoms with Gasteiger partial charge in [0.2, 0.25) is 0 Å². The summed E-state index contributed by atoms with van der Waals surface area (Å²) in [6.45, 7) is 2.97. The lowest BCUT2D eigenvalue weighted by molar-refractivity contribution is 0.0998. The number of carbonyl (C=O) groups excluding carboxylic acids is 1. The number of aryl methyl sites for hydroxylation is 3. The molecule has 9 heteroatoms. The molecular weight excluding hydrogens is 358 g/mol. The largest absolute Gasteiger partial charge is 0.365 e. The van der Waals surface area contributed by atoms with Crippen molar-refractivity contribution in [3.05, 3.63) is 70.1 Å². The minimum atomic E-state index is -0.746. The second kappa shape index (κ2) is 6.76. The van der Waals surface area contributed by atoms with E-state index in [0.717, 1.165) is 5.56 Å². The van der Waals surface area contributed by atoms with Crippen LogP contribution in [-0.4, -0.2) is 29.4 Å². The smallest absolute Gasteiger partial charge is 0.267 e. The van der Waals surface area contributed by atoms with Gasteiger partial charge >= 0.3 is 0 Å². The number of nitrogens with one attached hydrogen (secondary N) is 1. The van der Waals surface area contributed by atoms with Crippen LogP contribution in [0, 0.1) is 12.3 Å². The summed E-state index contributed by atoms with van der Waals surface area (Å²) in [5.74, 6) is -0.746. The quantitative estimate of drug-likeness (QED) is 0.500. The second-order valence-corrected chi connectivity index (χ2v) is 6.67. The van der Waals surface area contributed by atoms with E-state index in [2.05, 4.69) is 9.97 Å². The number of hydrogen-bond acceptors (Lipinski definition) is 5. The molecule has 0 fully saturated rings. The van der Waals surface area contributed by atoms with Gasteiger partial charge in [-0.15, -0.1) is 0 Å². The van der Waals surface area contributed by atoms with E-state index in [1.54, 1.807) is 29.4 Å². The lowest BCUT2D eigenvalue weighted by Gasteiger charge is -2.14. The Morgan fingerprint density at radius 3 is 2.82 bits per heavy atom. The predicted octanol–water partition coefficient (Wildman–Crippen LogP) is 0.823. The first-order valence-corrected chi connectivity index (χ1v) is 8.82. The highest BCUT2D eigenvalue weighted by Gasteiger charge is 2.16. The Balaban J connectivity index is 1.92. The number of nitrogens with two attached hydrogens (primary N) is 1. The van der Waals surface area contributed by atoms with E-state index < -0.39 is 5.91 Å². The van der Waals surface area contributed by atoms with E-state index >= 15 is 0 Å². The van der Waals surface area contributed by atoms with E-state index in [0.29, 0.717) is 30.8 Å². The molecule has 0 aliphatic carbocycles. The van der Waals surface area contributed by atoms with Crippen molar-refractivity contribution in [2.45, 2.75) is 26.4 Å². The highest BCUT2D eigenvalue weighted by molar-refractivity contribution is 5.95. The molecule has 0 saturated heterocycles. The van der Waals surface area contributed by atoms with E-state index in [-0.39, 0.29) is 22.0 Å². The number of imidazole rings is 1. The number of nitrogens with zero attached hydrogens (tertiary/aromatic N) is 5. The van der Waals surface area contributed by atoms with Gasteiger partial charge in [0.25, 0.3) is 11.5 Å². The Labute approximate surface area is 159 Å². The molecule has 3 N–H and O–H groups in total. The van der Waals surface area contributed by atoms with Gasteiger partial charge in [0.05, 0.1) is 17.3 Å². The molecule has 4 rings (SSSR count). The summed E-state index contributed by atoms with van der Waals surface area (Å²) >= 11 is 0. The fraction of sp³-hybridized carbons (Fsp3) is 0.211. The zero-order chi connectivity index (χ0) is 19.8. The zero-order valence-corrected chi connectivity index (χ0v) is 15.3. The molecule has 0 radical (unpaired) electrons. The summed E-state index contributed by atoms with van der Waals surface area (Å²) in [6, 6.07) is 5.00. The van der Waals surface area contributed by atoms with Crippen molar-refractivity contribution in [3.8, 4) is 0 Å². The van der Waals surface area contributed by atoms with Crippen LogP contribution >= 0.6 is 0 Å². The average Bonchev–Trinajstić information content (AvgIpc) is 3.17. The first kappa shape index (κ1) is 17.7. The standard InChI is InChI=1S/C19H19N7O2/c1-12-3-4-15-23-18-14(19(28)26(15)10-12)9-13(17(21)27)16(20)25(18)7-2-6-24-8-5-22-11-24/h3-5,8-11,20H,2,6-7H2,1H3,(H2,21,27). The Hall–Kier alpha value is -3.75. The molecule has 0 aliphatic heterocycles. The number of rotatable bonds is 5. The summed E-state index contributed by atoms with van der Waals surface area (Å²) in [6.07, 6.45) is 7.63. The van der Waals surface area contributed by atoms with Crippen LogP contribution in [0.2, 0.25) is 0 Å². The van der Waals surface area contributed by atoms with Gasteiger partial charge in [-0.05, 0) is 31.0 Å². The fourth-order valence-corrected chi connectivity index (χ4v) is 3.28. The highest BCUT2D eigenvalue weighted by Crippen LogP contribution is 2.11. The van der Waals surface area contributed by atoms with Crippen molar-refractivity contribution in [1.29, 1.82) is 5.41 Å². The van der Waals surface area contributed by atoms with E-state index in [1.807, 2.05) is 23.8 Å². The first-order valence-electron chi connectivity index (χ1n) is 8.82. The summed E-state index contributed by atoms with van der Waals surface area (Å²) in [4.78, 5) is 33.5. The summed E-state index contributed by atoms with van der Waals surface area (Å²) in [5.41, 5.74) is 6.88. The van der Waals surface area contributed by atoms with E-state index in [4.69, 9.17) is 11.1 Å². The third-order valence-electron chi connectivity index (χ3n) is 4.68. The van der Waals surface area contributed by atoms with Crippen molar-refractivity contribution < 1.29 is 4.79 Å². The van der Waals surface area contributed by atoms with Crippen LogP contribution in [0.4, 0.5) is 0 Å². The first-order chi connectivity index (χ1) is 13.5. The molecule has 0 bridgehead atoms. The maximum atomic E-state index is 13.0. The minimum absolute atomic E-state index is 0.00151. The molecule has 0 aliphatic rings. The van der Waals surface area contributed by atoms with Crippen LogP contribution in [0.5, 0.6) is 0 Å². The maximum Gasteiger partial charge on any atom is 0.267 e. The number of hydrogen-bond donors (Lipinski definition) is 2. The van der Waals surface area contributed by atoms with Gasteiger partial charge in [0, 0.05) is 31.7 Å². The molecule has 9 nitrogen and oxygen atoms in total. The highest BCUT2D eigenvalue weighted by atomic mass is 16.1. The van der Waals surface area contributed by atoms with Crippen LogP contribution in [0.3, 0.4) is 0 Å². The van der Waals surface area contributed by atoms with Gasteiger partial charge in [0.15, 0.2) is 0 Å². The normalized spacial score (nSPS) is 11.3. The Morgan fingerprint density at radius 2 is 2.11 bits per heavy atom. The van der Waals surface area contributed by atoms with Crippen molar-refractivity contribution in [2.75, 3.05) is 0 Å². The number of pyridine rings is 2. The number of fused-ring (bicyclic) bond motifs is 2. The van der Waals surface area contributed by atoms with Gasteiger partial charge in [-0.2, -0.15) is 0 Å². The number of amides is 1.